The van der Waals surface area contributed by atoms with Gasteiger partial charge < -0.3 is 15.1 Å². The molecule has 1 aromatic rings. The first-order chi connectivity index (χ1) is 12.2. The molecule has 0 spiro atoms. The number of hydrogen-bond acceptors (Lipinski definition) is 3. The fraction of sp³-hybridized carbons (Fsp3) is 0.650. The van der Waals surface area contributed by atoms with Gasteiger partial charge in [-0.3, -0.25) is 4.99 Å². The highest BCUT2D eigenvalue weighted by Crippen LogP contribution is 2.17. The van der Waals surface area contributed by atoms with Crippen LogP contribution in [0.2, 0.25) is 0 Å². The van der Waals surface area contributed by atoms with E-state index >= 15 is 0 Å². The summed E-state index contributed by atoms with van der Waals surface area (Å²) in [6, 6.07) is 8.82. The van der Waals surface area contributed by atoms with Crippen molar-refractivity contribution >= 4 is 41.7 Å². The van der Waals surface area contributed by atoms with Crippen molar-refractivity contribution < 1.29 is 0 Å². The maximum absolute atomic E-state index is 4.94. The summed E-state index contributed by atoms with van der Waals surface area (Å²) in [5.41, 5.74) is 1.32. The summed E-state index contributed by atoms with van der Waals surface area (Å²) in [6.45, 7) is 10.7. The molecule has 148 valence electrons. The van der Waals surface area contributed by atoms with Crippen LogP contribution in [0.3, 0.4) is 0 Å². The Morgan fingerprint density at radius 3 is 2.65 bits per heavy atom. The summed E-state index contributed by atoms with van der Waals surface area (Å²) < 4.78 is 0. The molecule has 2 rings (SSSR count). The van der Waals surface area contributed by atoms with Crippen molar-refractivity contribution in [2.75, 3.05) is 46.0 Å². The highest BCUT2D eigenvalue weighted by atomic mass is 127. The van der Waals surface area contributed by atoms with Gasteiger partial charge in [0.1, 0.15) is 0 Å². The molecule has 0 amide bonds. The smallest absolute Gasteiger partial charge is 0.193 e. The first-order valence-corrected chi connectivity index (χ1v) is 10.7. The molecule has 1 N–H and O–H groups in total. The average molecular weight is 490 g/mol. The molecule has 6 heteroatoms. The monoisotopic (exact) mass is 490 g/mol. The molecule has 0 aromatic heterocycles. The molecule has 26 heavy (non-hydrogen) atoms. The van der Waals surface area contributed by atoms with E-state index in [2.05, 4.69) is 66.5 Å². The van der Waals surface area contributed by atoms with Crippen molar-refractivity contribution in [1.29, 1.82) is 0 Å². The Bertz CT molecular complexity index is 535. The van der Waals surface area contributed by atoms with E-state index in [1.54, 1.807) is 11.8 Å². The number of nitrogens with one attached hydrogen (secondary N) is 1. The van der Waals surface area contributed by atoms with E-state index in [1.165, 1.54) is 36.4 Å². The molecular weight excluding hydrogens is 455 g/mol. The molecule has 1 fully saturated rings. The van der Waals surface area contributed by atoms with Crippen LogP contribution in [0.15, 0.2) is 34.2 Å². The van der Waals surface area contributed by atoms with Gasteiger partial charge in [0.25, 0.3) is 0 Å². The number of halogens is 1. The number of thioether (sulfide) groups is 1. The Kier molecular flexibility index (Phi) is 11.6. The van der Waals surface area contributed by atoms with Crippen LogP contribution in [-0.2, 0) is 6.54 Å². The zero-order valence-electron chi connectivity index (χ0n) is 16.7. The van der Waals surface area contributed by atoms with Gasteiger partial charge in [0.05, 0.1) is 0 Å². The molecule has 0 aliphatic carbocycles. The van der Waals surface area contributed by atoms with E-state index < -0.39 is 0 Å². The van der Waals surface area contributed by atoms with Crippen LogP contribution in [0.1, 0.15) is 32.3 Å². The Balaban J connectivity index is 0.00000338. The van der Waals surface area contributed by atoms with E-state index in [-0.39, 0.29) is 24.0 Å². The van der Waals surface area contributed by atoms with Crippen LogP contribution in [0.25, 0.3) is 0 Å². The first kappa shape index (κ1) is 23.6. The number of likely N-dealkylation sites (tertiary alicyclic amines) is 1. The summed E-state index contributed by atoms with van der Waals surface area (Å²) >= 11 is 1.78. The van der Waals surface area contributed by atoms with E-state index in [4.69, 9.17) is 4.99 Å². The van der Waals surface area contributed by atoms with Crippen LogP contribution < -0.4 is 5.32 Å². The van der Waals surface area contributed by atoms with Crippen LogP contribution in [0, 0.1) is 5.92 Å². The Morgan fingerprint density at radius 1 is 1.31 bits per heavy atom. The van der Waals surface area contributed by atoms with Gasteiger partial charge >= 0.3 is 0 Å². The maximum atomic E-state index is 4.94. The van der Waals surface area contributed by atoms with Crippen LogP contribution in [0.4, 0.5) is 0 Å². The fourth-order valence-electron chi connectivity index (χ4n) is 3.35. The van der Waals surface area contributed by atoms with E-state index in [0.717, 1.165) is 32.1 Å². The SMILES string of the molecule is CCNC(=NCC1CCCN(CC)C1)N(C)Cc1ccc(SC)cc1.I. The highest BCUT2D eigenvalue weighted by Gasteiger charge is 2.18. The second-order valence-electron chi connectivity index (χ2n) is 6.80. The lowest BCUT2D eigenvalue weighted by molar-refractivity contribution is 0.186. The number of nitrogens with zero attached hydrogens (tertiary/aromatic N) is 3. The Labute approximate surface area is 181 Å². The van der Waals surface area contributed by atoms with Crippen molar-refractivity contribution in [2.45, 2.75) is 38.1 Å². The normalized spacial score (nSPS) is 18.3. The second-order valence-corrected chi connectivity index (χ2v) is 7.68. The lowest BCUT2D eigenvalue weighted by Gasteiger charge is -2.31. The number of aliphatic imine (C=N–C) groups is 1. The van der Waals surface area contributed by atoms with Gasteiger partial charge in [-0.25, -0.2) is 0 Å². The van der Waals surface area contributed by atoms with Gasteiger partial charge in [0.15, 0.2) is 5.96 Å². The molecular formula is C20H35IN4S. The topological polar surface area (TPSA) is 30.9 Å². The molecule has 1 aliphatic heterocycles. The quantitative estimate of drug-likeness (QED) is 0.269. The van der Waals surface area contributed by atoms with Crippen molar-refractivity contribution in [3.63, 3.8) is 0 Å². The first-order valence-electron chi connectivity index (χ1n) is 9.51. The third kappa shape index (κ3) is 7.64. The van der Waals surface area contributed by atoms with Gasteiger partial charge in [0, 0.05) is 38.1 Å². The molecule has 0 bridgehead atoms. The van der Waals surface area contributed by atoms with E-state index in [9.17, 15) is 0 Å². The summed E-state index contributed by atoms with van der Waals surface area (Å²) in [5, 5.41) is 3.45. The third-order valence-electron chi connectivity index (χ3n) is 4.82. The molecule has 1 atom stereocenters. The second kappa shape index (κ2) is 12.8. The number of benzene rings is 1. The van der Waals surface area contributed by atoms with Crippen LogP contribution in [-0.4, -0.2) is 61.8 Å². The Morgan fingerprint density at radius 2 is 2.04 bits per heavy atom. The lowest BCUT2D eigenvalue weighted by atomic mass is 9.98. The molecule has 1 saturated heterocycles. The largest absolute Gasteiger partial charge is 0.357 e. The van der Waals surface area contributed by atoms with Crippen molar-refractivity contribution in [3.8, 4) is 0 Å². The fourth-order valence-corrected chi connectivity index (χ4v) is 3.76. The summed E-state index contributed by atoms with van der Waals surface area (Å²) in [4.78, 5) is 11.0. The lowest BCUT2D eigenvalue weighted by Crippen LogP contribution is -2.40. The zero-order valence-corrected chi connectivity index (χ0v) is 19.8. The average Bonchev–Trinajstić information content (AvgIpc) is 2.65. The zero-order chi connectivity index (χ0) is 18.1. The number of piperidine rings is 1. The minimum absolute atomic E-state index is 0. The number of guanidine groups is 1. The molecule has 4 nitrogen and oxygen atoms in total. The maximum Gasteiger partial charge on any atom is 0.193 e. The molecule has 1 aromatic carbocycles. The third-order valence-corrected chi connectivity index (χ3v) is 5.57. The highest BCUT2D eigenvalue weighted by molar-refractivity contribution is 14.0. The Hall–Kier alpha value is -0.470. The van der Waals surface area contributed by atoms with Gasteiger partial charge in [-0.15, -0.1) is 35.7 Å². The molecule has 0 saturated carbocycles. The predicted molar refractivity (Wildman–Crippen MR) is 126 cm³/mol. The summed E-state index contributed by atoms with van der Waals surface area (Å²) in [6.07, 6.45) is 4.73. The van der Waals surface area contributed by atoms with Gasteiger partial charge in [-0.05, 0) is 62.7 Å². The molecule has 1 aliphatic rings. The summed E-state index contributed by atoms with van der Waals surface area (Å²) in [7, 11) is 2.13. The molecule has 1 heterocycles. The number of rotatable bonds is 7. The summed E-state index contributed by atoms with van der Waals surface area (Å²) in [5.74, 6) is 1.71. The van der Waals surface area contributed by atoms with Crippen LogP contribution in [0.5, 0.6) is 0 Å². The predicted octanol–water partition coefficient (Wildman–Crippen LogP) is 4.16. The van der Waals surface area contributed by atoms with Crippen molar-refractivity contribution in [1.82, 2.24) is 15.1 Å². The standard InChI is InChI=1S/C20H34N4S.HI/c1-5-21-20(22-14-18-8-7-13-24(6-2)16-18)23(3)15-17-9-11-19(25-4)12-10-17;/h9-12,18H,5-8,13-16H2,1-4H3,(H,21,22);1H. The van der Waals surface area contributed by atoms with E-state index in [0.29, 0.717) is 5.92 Å². The van der Waals surface area contributed by atoms with E-state index in [1.807, 2.05) is 0 Å². The minimum Gasteiger partial charge on any atom is -0.357 e. The molecule has 1 unspecified atom stereocenters. The minimum atomic E-state index is 0. The molecule has 0 radical (unpaired) electrons. The van der Waals surface area contributed by atoms with Gasteiger partial charge in [0.2, 0.25) is 0 Å². The van der Waals surface area contributed by atoms with Crippen molar-refractivity contribution in [3.05, 3.63) is 29.8 Å². The van der Waals surface area contributed by atoms with Crippen molar-refractivity contribution in [2.24, 2.45) is 10.9 Å². The van der Waals surface area contributed by atoms with Gasteiger partial charge in [-0.2, -0.15) is 0 Å². The van der Waals surface area contributed by atoms with Gasteiger partial charge in [-0.1, -0.05) is 19.1 Å². The van der Waals surface area contributed by atoms with Crippen LogP contribution >= 0.6 is 35.7 Å². The number of hydrogen-bond donors (Lipinski definition) is 1.